The van der Waals surface area contributed by atoms with Crippen LogP contribution >= 0.6 is 11.6 Å². The lowest BCUT2D eigenvalue weighted by molar-refractivity contribution is -0.0234. The number of aromatic amines is 1. The van der Waals surface area contributed by atoms with Crippen molar-refractivity contribution in [2.45, 2.75) is 32.4 Å². The number of anilines is 1. The van der Waals surface area contributed by atoms with Gasteiger partial charge < -0.3 is 10.1 Å². The highest BCUT2D eigenvalue weighted by Crippen LogP contribution is 2.25. The fourth-order valence-corrected chi connectivity index (χ4v) is 1.88. The summed E-state index contributed by atoms with van der Waals surface area (Å²) in [4.78, 5) is 11.2. The van der Waals surface area contributed by atoms with Crippen LogP contribution in [0.3, 0.4) is 0 Å². The van der Waals surface area contributed by atoms with Crippen LogP contribution in [-0.4, -0.2) is 35.6 Å². The first-order valence-electron chi connectivity index (χ1n) is 6.34. The molecule has 0 aromatic carbocycles. The van der Waals surface area contributed by atoms with Crippen molar-refractivity contribution in [2.75, 3.05) is 25.1 Å². The zero-order chi connectivity index (χ0) is 14.3. The Morgan fingerprint density at radius 1 is 1.63 bits per heavy atom. The molecule has 2 rings (SSSR count). The number of hydrogen-bond acceptors (Lipinski definition) is 4. The highest BCUT2D eigenvalue weighted by Gasteiger charge is 2.32. The highest BCUT2D eigenvalue weighted by molar-refractivity contribution is 6.32. The Balaban J connectivity index is 0.000000861. The molecule has 7 heteroatoms. The van der Waals surface area contributed by atoms with Gasteiger partial charge in [0.15, 0.2) is 5.67 Å². The molecule has 19 heavy (non-hydrogen) atoms. The van der Waals surface area contributed by atoms with Crippen LogP contribution in [0.2, 0.25) is 5.02 Å². The first kappa shape index (κ1) is 15.9. The van der Waals surface area contributed by atoms with Crippen LogP contribution in [0.25, 0.3) is 0 Å². The first-order valence-corrected chi connectivity index (χ1v) is 6.72. The van der Waals surface area contributed by atoms with E-state index in [-0.39, 0.29) is 18.2 Å². The van der Waals surface area contributed by atoms with Crippen LogP contribution in [0.4, 0.5) is 10.1 Å². The standard InChI is InChI=1S/C10H13ClFN3O2.C2H6/c11-8-7(4-14-15-9(8)16)13-5-10(12)2-1-3-17-6-10;1-2/h4H,1-3,5-6H2,(H2,13,15,16);1-2H3. The molecule has 1 saturated heterocycles. The van der Waals surface area contributed by atoms with Crippen LogP contribution in [-0.2, 0) is 4.74 Å². The maximum Gasteiger partial charge on any atom is 0.285 e. The molecule has 1 aromatic heterocycles. The van der Waals surface area contributed by atoms with Crippen molar-refractivity contribution in [3.63, 3.8) is 0 Å². The predicted molar refractivity (Wildman–Crippen MR) is 73.6 cm³/mol. The van der Waals surface area contributed by atoms with Crippen molar-refractivity contribution in [3.05, 3.63) is 21.6 Å². The van der Waals surface area contributed by atoms with Crippen molar-refractivity contribution >= 4 is 17.3 Å². The van der Waals surface area contributed by atoms with Gasteiger partial charge in [-0.25, -0.2) is 9.49 Å². The van der Waals surface area contributed by atoms with E-state index in [4.69, 9.17) is 16.3 Å². The third-order valence-corrected chi connectivity index (χ3v) is 3.04. The Labute approximate surface area is 116 Å². The molecule has 0 radical (unpaired) electrons. The average molecular weight is 292 g/mol. The van der Waals surface area contributed by atoms with Gasteiger partial charge in [0.2, 0.25) is 0 Å². The Bertz CT molecular complexity index is 447. The summed E-state index contributed by atoms with van der Waals surface area (Å²) < 4.78 is 19.2. The largest absolute Gasteiger partial charge is 0.379 e. The molecule has 108 valence electrons. The Kier molecular flexibility index (Phi) is 6.24. The maximum absolute atomic E-state index is 14.2. The SMILES string of the molecule is CC.O=c1[nH]ncc(NCC2(F)CCCOC2)c1Cl. The van der Waals surface area contributed by atoms with Gasteiger partial charge in [0.05, 0.1) is 25.0 Å². The van der Waals surface area contributed by atoms with E-state index < -0.39 is 11.2 Å². The normalized spacial score (nSPS) is 22.3. The van der Waals surface area contributed by atoms with Crippen molar-refractivity contribution in [2.24, 2.45) is 0 Å². The molecule has 0 saturated carbocycles. The van der Waals surface area contributed by atoms with Gasteiger partial charge >= 0.3 is 0 Å². The molecule has 1 fully saturated rings. The van der Waals surface area contributed by atoms with Gasteiger partial charge in [-0.15, -0.1) is 0 Å². The number of nitrogens with one attached hydrogen (secondary N) is 2. The molecular weight excluding hydrogens is 273 g/mol. The minimum atomic E-state index is -1.41. The van der Waals surface area contributed by atoms with Crippen LogP contribution in [0.5, 0.6) is 0 Å². The van der Waals surface area contributed by atoms with Gasteiger partial charge in [-0.3, -0.25) is 4.79 Å². The molecular formula is C12H19ClFN3O2. The first-order chi connectivity index (χ1) is 9.11. The van der Waals surface area contributed by atoms with Gasteiger partial charge in [-0.1, -0.05) is 25.4 Å². The average Bonchev–Trinajstić information content (AvgIpc) is 2.44. The number of ether oxygens (including phenoxy) is 1. The molecule has 2 heterocycles. The van der Waals surface area contributed by atoms with Gasteiger partial charge in [0.1, 0.15) is 5.02 Å². The van der Waals surface area contributed by atoms with E-state index in [2.05, 4.69) is 15.5 Å². The number of nitrogens with zero attached hydrogens (tertiary/aromatic N) is 1. The molecule has 1 aliphatic rings. The van der Waals surface area contributed by atoms with Gasteiger partial charge in [-0.05, 0) is 12.8 Å². The molecule has 1 unspecified atom stereocenters. The van der Waals surface area contributed by atoms with Gasteiger partial charge in [-0.2, -0.15) is 5.10 Å². The van der Waals surface area contributed by atoms with E-state index in [0.29, 0.717) is 25.1 Å². The van der Waals surface area contributed by atoms with E-state index in [0.717, 1.165) is 0 Å². The third kappa shape index (κ3) is 4.47. The van der Waals surface area contributed by atoms with Crippen molar-refractivity contribution in [1.82, 2.24) is 10.2 Å². The second-order valence-corrected chi connectivity index (χ2v) is 4.47. The van der Waals surface area contributed by atoms with Gasteiger partial charge in [0.25, 0.3) is 5.56 Å². The zero-order valence-electron chi connectivity index (χ0n) is 11.1. The molecule has 0 spiro atoms. The van der Waals surface area contributed by atoms with Crippen LogP contribution < -0.4 is 10.9 Å². The Hall–Kier alpha value is -1.14. The summed E-state index contributed by atoms with van der Waals surface area (Å²) in [5, 5.41) is 8.57. The van der Waals surface area contributed by atoms with Crippen LogP contribution in [0.15, 0.2) is 11.0 Å². The second-order valence-electron chi connectivity index (χ2n) is 4.09. The lowest BCUT2D eigenvalue weighted by Crippen LogP contribution is -2.40. The summed E-state index contributed by atoms with van der Waals surface area (Å²) in [5.41, 5.74) is -1.58. The topological polar surface area (TPSA) is 67.0 Å². The number of rotatable bonds is 3. The zero-order valence-corrected chi connectivity index (χ0v) is 11.9. The summed E-state index contributed by atoms with van der Waals surface area (Å²) in [6, 6.07) is 0. The summed E-state index contributed by atoms with van der Waals surface area (Å²) >= 11 is 5.76. The lowest BCUT2D eigenvalue weighted by Gasteiger charge is -2.29. The fourth-order valence-electron chi connectivity index (χ4n) is 1.72. The summed E-state index contributed by atoms with van der Waals surface area (Å²) in [6.07, 6.45) is 2.49. The summed E-state index contributed by atoms with van der Waals surface area (Å²) in [7, 11) is 0. The number of H-pyrrole nitrogens is 1. The third-order valence-electron chi connectivity index (χ3n) is 2.67. The molecule has 1 aliphatic heterocycles. The summed E-state index contributed by atoms with van der Waals surface area (Å²) in [5.74, 6) is 0. The van der Waals surface area contributed by atoms with E-state index in [1.54, 1.807) is 0 Å². The minimum absolute atomic E-state index is 0.0136. The second kappa shape index (κ2) is 7.45. The molecule has 0 amide bonds. The number of halogens is 2. The minimum Gasteiger partial charge on any atom is -0.379 e. The Morgan fingerprint density at radius 3 is 3.00 bits per heavy atom. The van der Waals surface area contributed by atoms with E-state index in [1.165, 1.54) is 6.20 Å². The molecule has 2 N–H and O–H groups in total. The molecule has 1 aromatic rings. The molecule has 1 atom stereocenters. The van der Waals surface area contributed by atoms with Crippen molar-refractivity contribution in [1.29, 1.82) is 0 Å². The molecule has 5 nitrogen and oxygen atoms in total. The number of aromatic nitrogens is 2. The van der Waals surface area contributed by atoms with E-state index in [1.807, 2.05) is 13.8 Å². The van der Waals surface area contributed by atoms with Crippen LogP contribution in [0, 0.1) is 0 Å². The highest BCUT2D eigenvalue weighted by atomic mass is 35.5. The number of alkyl halides is 1. The lowest BCUT2D eigenvalue weighted by atomic mass is 9.99. The van der Waals surface area contributed by atoms with E-state index in [9.17, 15) is 9.18 Å². The summed E-state index contributed by atoms with van der Waals surface area (Å²) in [6.45, 7) is 4.71. The van der Waals surface area contributed by atoms with Crippen molar-refractivity contribution < 1.29 is 9.13 Å². The van der Waals surface area contributed by atoms with Gasteiger partial charge in [0, 0.05) is 6.61 Å². The predicted octanol–water partition coefficient (Wildman–Crippen LogP) is 2.38. The monoisotopic (exact) mass is 291 g/mol. The molecule has 0 aliphatic carbocycles. The van der Waals surface area contributed by atoms with E-state index >= 15 is 0 Å². The quantitative estimate of drug-likeness (QED) is 0.897. The van der Waals surface area contributed by atoms with Crippen molar-refractivity contribution in [3.8, 4) is 0 Å². The fraction of sp³-hybridized carbons (Fsp3) is 0.667. The maximum atomic E-state index is 14.2. The van der Waals surface area contributed by atoms with Crippen LogP contribution in [0.1, 0.15) is 26.7 Å². The molecule has 0 bridgehead atoms. The Morgan fingerprint density at radius 2 is 2.37 bits per heavy atom. The smallest absolute Gasteiger partial charge is 0.285 e. The number of hydrogen-bond donors (Lipinski definition) is 2.